The van der Waals surface area contributed by atoms with Crippen molar-refractivity contribution in [3.8, 4) is 11.5 Å². The Bertz CT molecular complexity index is 680. The van der Waals surface area contributed by atoms with Crippen molar-refractivity contribution >= 4 is 28.5 Å². The van der Waals surface area contributed by atoms with Gasteiger partial charge in [0, 0.05) is 23.1 Å². The number of rotatable bonds is 6. The lowest BCUT2D eigenvalue weighted by atomic mass is 10.1. The van der Waals surface area contributed by atoms with Crippen LogP contribution in [-0.2, 0) is 11.2 Å². The number of anilines is 1. The lowest BCUT2D eigenvalue weighted by Crippen LogP contribution is -2.07. The molecule has 0 spiro atoms. The Morgan fingerprint density at radius 3 is 2.82 bits per heavy atom. The first kappa shape index (κ1) is 16.0. The number of carbonyl (C=O) groups is 1. The van der Waals surface area contributed by atoms with Crippen LogP contribution in [0.2, 0.25) is 0 Å². The second-order valence-corrected chi connectivity index (χ2v) is 5.29. The number of nitrogens with one attached hydrogen (secondary N) is 1. The van der Waals surface area contributed by atoms with Crippen molar-refractivity contribution in [3.63, 3.8) is 0 Å². The first-order chi connectivity index (χ1) is 10.7. The summed E-state index contributed by atoms with van der Waals surface area (Å²) in [6.45, 7) is 2.02. The van der Waals surface area contributed by atoms with Gasteiger partial charge in [-0.3, -0.25) is 10.1 Å². The molecule has 2 aromatic rings. The van der Waals surface area contributed by atoms with Crippen molar-refractivity contribution in [1.29, 1.82) is 0 Å². The van der Waals surface area contributed by atoms with Crippen molar-refractivity contribution in [2.75, 3.05) is 19.5 Å². The fraction of sp³-hybridized carbons (Fsp3) is 0.250. The number of aryl methyl sites for hydroxylation is 1. The number of hydrogen-bond donors (Lipinski definition) is 1. The van der Waals surface area contributed by atoms with E-state index in [0.29, 0.717) is 16.6 Å². The molecule has 5 nitrogen and oxygen atoms in total. The predicted octanol–water partition coefficient (Wildman–Crippen LogP) is 3.37. The van der Waals surface area contributed by atoms with Crippen LogP contribution in [-0.4, -0.2) is 25.1 Å². The summed E-state index contributed by atoms with van der Waals surface area (Å²) in [6, 6.07) is 5.42. The number of carbonyl (C=O) groups excluding carboxylic acids is 1. The number of methoxy groups -OCH3 is 2. The molecule has 0 aliphatic rings. The number of aromatic nitrogens is 1. The van der Waals surface area contributed by atoms with Crippen LogP contribution in [0, 0.1) is 0 Å². The Morgan fingerprint density at radius 1 is 1.36 bits per heavy atom. The predicted molar refractivity (Wildman–Crippen MR) is 88.7 cm³/mol. The maximum atomic E-state index is 11.9. The summed E-state index contributed by atoms with van der Waals surface area (Å²) in [7, 11) is 3.17. The molecule has 1 aromatic carbocycles. The third-order valence-corrected chi connectivity index (χ3v) is 3.81. The van der Waals surface area contributed by atoms with E-state index in [1.165, 1.54) is 17.4 Å². The summed E-state index contributed by atoms with van der Waals surface area (Å²) in [5.41, 5.74) is 1.77. The molecule has 0 aliphatic carbocycles. The highest BCUT2D eigenvalue weighted by atomic mass is 32.1. The maximum Gasteiger partial charge on any atom is 0.250 e. The molecule has 22 heavy (non-hydrogen) atoms. The van der Waals surface area contributed by atoms with Crippen LogP contribution < -0.4 is 14.8 Å². The molecule has 0 aliphatic heterocycles. The summed E-state index contributed by atoms with van der Waals surface area (Å²) < 4.78 is 10.4. The largest absolute Gasteiger partial charge is 0.497 e. The zero-order valence-corrected chi connectivity index (χ0v) is 13.6. The average Bonchev–Trinajstić information content (AvgIpc) is 3.00. The van der Waals surface area contributed by atoms with Gasteiger partial charge in [0.25, 0.3) is 0 Å². The van der Waals surface area contributed by atoms with Crippen LogP contribution in [0.1, 0.15) is 18.2 Å². The van der Waals surface area contributed by atoms with Gasteiger partial charge in [-0.1, -0.05) is 6.92 Å². The van der Waals surface area contributed by atoms with E-state index in [1.54, 1.807) is 26.4 Å². The van der Waals surface area contributed by atoms with Gasteiger partial charge in [0.05, 0.1) is 19.9 Å². The van der Waals surface area contributed by atoms with E-state index in [-0.39, 0.29) is 5.91 Å². The summed E-state index contributed by atoms with van der Waals surface area (Å²) in [6.07, 6.45) is 4.00. The number of benzene rings is 1. The van der Waals surface area contributed by atoms with Crippen LogP contribution in [0.4, 0.5) is 5.13 Å². The van der Waals surface area contributed by atoms with Gasteiger partial charge in [-0.15, -0.1) is 11.3 Å². The Balaban J connectivity index is 2.05. The Kier molecular flexibility index (Phi) is 5.55. The molecule has 0 radical (unpaired) electrons. The molecule has 0 saturated carbocycles. The highest BCUT2D eigenvalue weighted by molar-refractivity contribution is 7.13. The molecule has 1 N–H and O–H groups in total. The molecule has 1 heterocycles. The van der Waals surface area contributed by atoms with Gasteiger partial charge in [-0.2, -0.15) is 0 Å². The quantitative estimate of drug-likeness (QED) is 0.830. The summed E-state index contributed by atoms with van der Waals surface area (Å²) in [4.78, 5) is 16.2. The van der Waals surface area contributed by atoms with Crippen molar-refractivity contribution in [1.82, 2.24) is 4.98 Å². The number of ether oxygens (including phenoxy) is 2. The molecular weight excluding hydrogens is 300 g/mol. The molecular formula is C16H18N2O3S. The minimum absolute atomic E-state index is 0.227. The standard InChI is InChI=1S/C16H18N2O3S/c1-4-12-10-22-16(17-12)18-15(19)8-6-11-5-7-13(20-2)9-14(11)21-3/h5-10H,4H2,1-3H3,(H,17,18,19). The van der Waals surface area contributed by atoms with Crippen LogP contribution in [0.15, 0.2) is 29.7 Å². The maximum absolute atomic E-state index is 11.9. The lowest BCUT2D eigenvalue weighted by Gasteiger charge is -2.07. The highest BCUT2D eigenvalue weighted by Gasteiger charge is 2.05. The van der Waals surface area contributed by atoms with Crippen LogP contribution >= 0.6 is 11.3 Å². The van der Waals surface area contributed by atoms with E-state index in [2.05, 4.69) is 10.3 Å². The molecule has 0 atom stereocenters. The van der Waals surface area contributed by atoms with Gasteiger partial charge in [0.2, 0.25) is 5.91 Å². The Morgan fingerprint density at radius 2 is 2.18 bits per heavy atom. The van der Waals surface area contributed by atoms with Crippen LogP contribution in [0.5, 0.6) is 11.5 Å². The third-order valence-electron chi connectivity index (χ3n) is 3.00. The normalized spacial score (nSPS) is 10.7. The summed E-state index contributed by atoms with van der Waals surface area (Å²) in [5, 5.41) is 5.28. The first-order valence-corrected chi connectivity index (χ1v) is 7.69. The second kappa shape index (κ2) is 7.61. The number of nitrogens with zero attached hydrogens (tertiary/aromatic N) is 1. The third kappa shape index (κ3) is 4.08. The van der Waals surface area contributed by atoms with Gasteiger partial charge in [0.1, 0.15) is 11.5 Å². The zero-order chi connectivity index (χ0) is 15.9. The van der Waals surface area contributed by atoms with Crippen molar-refractivity contribution in [3.05, 3.63) is 40.9 Å². The van der Waals surface area contributed by atoms with Crippen LogP contribution in [0.25, 0.3) is 6.08 Å². The van der Waals surface area contributed by atoms with E-state index in [1.807, 2.05) is 24.4 Å². The monoisotopic (exact) mass is 318 g/mol. The lowest BCUT2D eigenvalue weighted by molar-refractivity contribution is -0.111. The van der Waals surface area contributed by atoms with Crippen molar-refractivity contribution in [2.45, 2.75) is 13.3 Å². The Hall–Kier alpha value is -2.34. The molecule has 0 unspecified atom stereocenters. The topological polar surface area (TPSA) is 60.5 Å². The van der Waals surface area contributed by atoms with E-state index in [0.717, 1.165) is 17.7 Å². The molecule has 1 aromatic heterocycles. The van der Waals surface area contributed by atoms with Gasteiger partial charge >= 0.3 is 0 Å². The van der Waals surface area contributed by atoms with Crippen molar-refractivity contribution < 1.29 is 14.3 Å². The van der Waals surface area contributed by atoms with Gasteiger partial charge in [-0.05, 0) is 24.6 Å². The number of hydrogen-bond acceptors (Lipinski definition) is 5. The van der Waals surface area contributed by atoms with Gasteiger partial charge in [0.15, 0.2) is 5.13 Å². The number of thiazole rings is 1. The molecule has 116 valence electrons. The molecule has 1 amide bonds. The van der Waals surface area contributed by atoms with Gasteiger partial charge in [-0.25, -0.2) is 4.98 Å². The molecule has 6 heteroatoms. The smallest absolute Gasteiger partial charge is 0.250 e. The second-order valence-electron chi connectivity index (χ2n) is 4.43. The molecule has 0 fully saturated rings. The SMILES string of the molecule is CCc1csc(NC(=O)C=Cc2ccc(OC)cc2OC)n1. The highest BCUT2D eigenvalue weighted by Crippen LogP contribution is 2.25. The fourth-order valence-corrected chi connectivity index (χ4v) is 2.59. The first-order valence-electron chi connectivity index (χ1n) is 6.81. The zero-order valence-electron chi connectivity index (χ0n) is 12.8. The molecule has 0 bridgehead atoms. The summed E-state index contributed by atoms with van der Waals surface area (Å²) >= 11 is 1.42. The van der Waals surface area contributed by atoms with E-state index in [4.69, 9.17) is 9.47 Å². The van der Waals surface area contributed by atoms with Crippen LogP contribution in [0.3, 0.4) is 0 Å². The van der Waals surface area contributed by atoms with Gasteiger partial charge < -0.3 is 9.47 Å². The van der Waals surface area contributed by atoms with Crippen molar-refractivity contribution in [2.24, 2.45) is 0 Å². The fourth-order valence-electron chi connectivity index (χ4n) is 1.80. The minimum Gasteiger partial charge on any atom is -0.497 e. The van der Waals surface area contributed by atoms with E-state index in [9.17, 15) is 4.79 Å². The number of amides is 1. The minimum atomic E-state index is -0.227. The molecule has 0 saturated heterocycles. The average molecular weight is 318 g/mol. The van der Waals surface area contributed by atoms with E-state index >= 15 is 0 Å². The molecule has 2 rings (SSSR count). The summed E-state index contributed by atoms with van der Waals surface area (Å²) in [5.74, 6) is 1.12. The van der Waals surface area contributed by atoms with E-state index < -0.39 is 0 Å². The Labute approximate surface area is 133 Å².